The zero-order chi connectivity index (χ0) is 13.6. The first-order chi connectivity index (χ1) is 9.12. The monoisotopic (exact) mass is 278 g/mol. The Balaban J connectivity index is 1.56. The minimum atomic E-state index is -0.612. The van der Waals surface area contributed by atoms with E-state index in [4.69, 9.17) is 39.9 Å². The molecule has 0 bridgehead atoms. The molecular weight excluding hydrogens is 256 g/mol. The Morgan fingerprint density at radius 3 is 1.47 bits per heavy atom. The second-order valence-electron chi connectivity index (χ2n) is 5.17. The van der Waals surface area contributed by atoms with Crippen LogP contribution in [0.4, 0.5) is 0 Å². The molecule has 112 valence electrons. The summed E-state index contributed by atoms with van der Waals surface area (Å²) in [5.74, 6) is 0. The topological polar surface area (TPSA) is 107 Å². The van der Waals surface area contributed by atoms with Gasteiger partial charge in [-0.3, -0.25) is 0 Å². The molecule has 0 saturated carbocycles. The molecule has 8 heteroatoms. The molecule has 0 atom stereocenters. The summed E-state index contributed by atoms with van der Waals surface area (Å²) in [7, 11) is 0. The smallest absolute Gasteiger partial charge is 0.146 e. The van der Waals surface area contributed by atoms with Crippen LogP contribution in [0.25, 0.3) is 0 Å². The minimum Gasteiger partial charge on any atom is -0.353 e. The molecule has 0 aliphatic carbocycles. The zero-order valence-corrected chi connectivity index (χ0v) is 11.0. The van der Waals surface area contributed by atoms with Gasteiger partial charge in [0.1, 0.15) is 20.4 Å². The van der Waals surface area contributed by atoms with Crippen LogP contribution >= 0.6 is 0 Å². The summed E-state index contributed by atoms with van der Waals surface area (Å²) in [5, 5.41) is 0. The summed E-state index contributed by atoms with van der Waals surface area (Å²) in [6.45, 7) is 2.93. The van der Waals surface area contributed by atoms with Crippen molar-refractivity contribution in [2.45, 2.75) is 11.1 Å². The molecule has 0 spiro atoms. The van der Waals surface area contributed by atoms with Gasteiger partial charge in [0.2, 0.25) is 0 Å². The number of rotatable bonds is 6. The summed E-state index contributed by atoms with van der Waals surface area (Å²) in [5.41, 5.74) is 10.8. The van der Waals surface area contributed by atoms with Crippen LogP contribution in [0, 0.1) is 0 Å². The summed E-state index contributed by atoms with van der Waals surface area (Å²) in [6, 6.07) is 0. The molecule has 4 N–H and O–H groups in total. The van der Waals surface area contributed by atoms with E-state index in [1.807, 2.05) is 0 Å². The van der Waals surface area contributed by atoms with Crippen LogP contribution in [0.5, 0.6) is 0 Å². The number of nitrogens with two attached hydrogens (primary N) is 2. The second-order valence-corrected chi connectivity index (χ2v) is 5.17. The van der Waals surface area contributed by atoms with Crippen LogP contribution in [0.2, 0.25) is 0 Å². The normalized spacial score (nSPS) is 26.2. The van der Waals surface area contributed by atoms with Gasteiger partial charge in [-0.2, -0.15) is 0 Å². The largest absolute Gasteiger partial charge is 0.353 e. The highest BCUT2D eigenvalue weighted by molar-refractivity contribution is 4.86. The maximum atomic E-state index is 6.01. The lowest BCUT2D eigenvalue weighted by Crippen LogP contribution is -2.56. The van der Waals surface area contributed by atoms with Crippen molar-refractivity contribution >= 4 is 0 Å². The first-order valence-electron chi connectivity index (χ1n) is 6.16. The molecule has 0 aromatic carbocycles. The predicted octanol–water partition coefficient (Wildman–Crippen LogP) is -1.62. The molecule has 8 nitrogen and oxygen atoms in total. The summed E-state index contributed by atoms with van der Waals surface area (Å²) >= 11 is 0. The minimum absolute atomic E-state index is 0.109. The molecule has 2 fully saturated rings. The van der Waals surface area contributed by atoms with E-state index in [1.54, 1.807) is 0 Å². The number of ether oxygens (including phenoxy) is 6. The van der Waals surface area contributed by atoms with E-state index in [9.17, 15) is 0 Å². The molecule has 0 aromatic rings. The van der Waals surface area contributed by atoms with Crippen molar-refractivity contribution < 1.29 is 28.4 Å². The quantitative estimate of drug-likeness (QED) is 0.441. The highest BCUT2D eigenvalue weighted by Gasteiger charge is 2.31. The standard InChI is InChI=1S/C11H22N2O6/c12-10(1-14-7-15-2-10)5-18-9-19-6-11(13)3-16-8-17-4-11/h1-9,12-13H2. The Labute approximate surface area is 112 Å². The Bertz CT molecular complexity index is 240. The van der Waals surface area contributed by atoms with Crippen LogP contribution in [0.15, 0.2) is 0 Å². The molecule has 0 amide bonds. The third-order valence-corrected chi connectivity index (χ3v) is 2.84. The van der Waals surface area contributed by atoms with Gasteiger partial charge in [0.15, 0.2) is 0 Å². The van der Waals surface area contributed by atoms with Crippen molar-refractivity contribution in [1.29, 1.82) is 0 Å². The SMILES string of the molecule is NC1(COCOCC2(N)COCOC2)COCOC1. The predicted molar refractivity (Wildman–Crippen MR) is 64.1 cm³/mol. The average molecular weight is 278 g/mol. The van der Waals surface area contributed by atoms with Crippen molar-refractivity contribution in [3.05, 3.63) is 0 Å². The van der Waals surface area contributed by atoms with Crippen molar-refractivity contribution in [2.75, 3.05) is 60.0 Å². The fraction of sp³-hybridized carbons (Fsp3) is 1.00. The Kier molecular flexibility index (Phi) is 5.48. The zero-order valence-electron chi connectivity index (χ0n) is 11.0. The first kappa shape index (κ1) is 15.1. The molecular formula is C11H22N2O6. The highest BCUT2D eigenvalue weighted by Crippen LogP contribution is 2.11. The van der Waals surface area contributed by atoms with E-state index in [2.05, 4.69) is 0 Å². The fourth-order valence-electron chi connectivity index (χ4n) is 1.90. The maximum Gasteiger partial charge on any atom is 0.146 e. The fourth-order valence-corrected chi connectivity index (χ4v) is 1.90. The second kappa shape index (κ2) is 6.91. The average Bonchev–Trinajstić information content (AvgIpc) is 2.40. The number of hydrogen-bond acceptors (Lipinski definition) is 8. The summed E-state index contributed by atoms with van der Waals surface area (Å²) in [4.78, 5) is 0. The van der Waals surface area contributed by atoms with Crippen LogP contribution in [0.3, 0.4) is 0 Å². The lowest BCUT2D eigenvalue weighted by atomic mass is 10.1. The molecule has 2 heterocycles. The molecule has 2 rings (SSSR count). The van der Waals surface area contributed by atoms with Crippen molar-refractivity contribution in [3.8, 4) is 0 Å². The maximum absolute atomic E-state index is 6.01. The van der Waals surface area contributed by atoms with E-state index in [0.717, 1.165) is 0 Å². The summed E-state index contributed by atoms with van der Waals surface area (Å²) < 4.78 is 31.3. The van der Waals surface area contributed by atoms with Crippen LogP contribution in [-0.2, 0) is 28.4 Å². The molecule has 2 aliphatic rings. The molecule has 2 aliphatic heterocycles. The summed E-state index contributed by atoms with van der Waals surface area (Å²) in [6.07, 6.45) is 0. The van der Waals surface area contributed by atoms with Gasteiger partial charge in [0.25, 0.3) is 0 Å². The van der Waals surface area contributed by atoms with Gasteiger partial charge in [0, 0.05) is 0 Å². The van der Waals surface area contributed by atoms with Crippen molar-refractivity contribution in [2.24, 2.45) is 11.5 Å². The van der Waals surface area contributed by atoms with E-state index >= 15 is 0 Å². The van der Waals surface area contributed by atoms with Gasteiger partial charge in [0.05, 0.1) is 50.7 Å². The van der Waals surface area contributed by atoms with E-state index < -0.39 is 11.1 Å². The van der Waals surface area contributed by atoms with Crippen LogP contribution < -0.4 is 11.5 Å². The molecule has 0 unspecified atom stereocenters. The van der Waals surface area contributed by atoms with Crippen molar-refractivity contribution in [3.63, 3.8) is 0 Å². The third-order valence-electron chi connectivity index (χ3n) is 2.84. The molecule has 0 radical (unpaired) electrons. The van der Waals surface area contributed by atoms with Gasteiger partial charge >= 0.3 is 0 Å². The Hall–Kier alpha value is -0.320. The lowest BCUT2D eigenvalue weighted by Gasteiger charge is -2.33. The molecule has 2 saturated heterocycles. The van der Waals surface area contributed by atoms with Gasteiger partial charge in [-0.1, -0.05) is 0 Å². The van der Waals surface area contributed by atoms with E-state index in [1.165, 1.54) is 0 Å². The number of hydrogen-bond donors (Lipinski definition) is 2. The van der Waals surface area contributed by atoms with Gasteiger partial charge < -0.3 is 39.9 Å². The van der Waals surface area contributed by atoms with Gasteiger partial charge in [-0.15, -0.1) is 0 Å². The van der Waals surface area contributed by atoms with Crippen molar-refractivity contribution in [1.82, 2.24) is 0 Å². The van der Waals surface area contributed by atoms with Crippen LogP contribution in [0.1, 0.15) is 0 Å². The van der Waals surface area contributed by atoms with Crippen LogP contribution in [-0.4, -0.2) is 71.1 Å². The first-order valence-corrected chi connectivity index (χ1v) is 6.16. The highest BCUT2D eigenvalue weighted by atomic mass is 16.7. The Morgan fingerprint density at radius 2 is 1.11 bits per heavy atom. The third kappa shape index (κ3) is 4.93. The van der Waals surface area contributed by atoms with E-state index in [-0.39, 0.29) is 20.4 Å². The molecule has 19 heavy (non-hydrogen) atoms. The van der Waals surface area contributed by atoms with Gasteiger partial charge in [-0.25, -0.2) is 0 Å². The lowest BCUT2D eigenvalue weighted by molar-refractivity contribution is -0.175. The van der Waals surface area contributed by atoms with Gasteiger partial charge in [-0.05, 0) is 0 Å². The Morgan fingerprint density at radius 1 is 0.737 bits per heavy atom. The van der Waals surface area contributed by atoms with E-state index in [0.29, 0.717) is 39.6 Å². The molecule has 0 aromatic heterocycles.